The first kappa shape index (κ1) is 26.4. The molecular weight excluding hydrogens is 498 g/mol. The van der Waals surface area contributed by atoms with Crippen LogP contribution in [0.25, 0.3) is 0 Å². The number of benzene rings is 1. The highest BCUT2D eigenvalue weighted by Gasteiger charge is 2.57. The van der Waals surface area contributed by atoms with E-state index < -0.39 is 68.6 Å². The standard InChI is InChI=1S/C23H28FN2O9P/c1-14(21(30)33-16-8-9-16)25-36(31,35-17-6-4-3-5-7-17)32-13-18-20(29)23(2,24)22(34-18)26-11-10-15(27)12-19(26)28/h3-7,10-11,14,16,18,20,22,29H,8-9,12-13H2,1-2H3,(H,25,31)/t14-,18+,20+,22+,23+,36-/m0/s1. The number of ketones is 1. The minimum absolute atomic E-state index is 0.167. The zero-order chi connectivity index (χ0) is 26.1. The van der Waals surface area contributed by atoms with Crippen molar-refractivity contribution in [2.45, 2.75) is 69.4 Å². The number of rotatable bonds is 10. The highest BCUT2D eigenvalue weighted by Crippen LogP contribution is 2.47. The van der Waals surface area contributed by atoms with E-state index in [0.717, 1.165) is 36.9 Å². The van der Waals surface area contributed by atoms with Crippen LogP contribution in [0, 0.1) is 0 Å². The number of hydrogen-bond donors (Lipinski definition) is 2. The van der Waals surface area contributed by atoms with E-state index in [1.165, 1.54) is 19.1 Å². The topological polar surface area (TPSA) is 141 Å². The van der Waals surface area contributed by atoms with E-state index >= 15 is 4.39 Å². The molecule has 0 bridgehead atoms. The van der Waals surface area contributed by atoms with E-state index in [1.54, 1.807) is 18.2 Å². The number of nitrogens with zero attached hydrogens (tertiary/aromatic N) is 1. The lowest BCUT2D eigenvalue weighted by Gasteiger charge is -2.32. The number of aliphatic hydroxyl groups is 1. The molecule has 6 atom stereocenters. The average molecular weight is 526 g/mol. The normalized spacial score (nSPS) is 30.7. The van der Waals surface area contributed by atoms with Crippen molar-refractivity contribution >= 4 is 25.4 Å². The molecule has 2 heterocycles. The summed E-state index contributed by atoms with van der Waals surface area (Å²) in [6.07, 6.45) is -1.56. The van der Waals surface area contributed by atoms with Gasteiger partial charge in [-0.05, 0) is 44.9 Å². The first-order valence-corrected chi connectivity index (χ1v) is 13.0. The molecule has 196 valence electrons. The van der Waals surface area contributed by atoms with Crippen LogP contribution in [0.5, 0.6) is 5.75 Å². The van der Waals surface area contributed by atoms with Crippen LogP contribution in [0.1, 0.15) is 33.1 Å². The number of ether oxygens (including phenoxy) is 2. The zero-order valence-corrected chi connectivity index (χ0v) is 20.6. The monoisotopic (exact) mass is 526 g/mol. The van der Waals surface area contributed by atoms with Crippen LogP contribution in [-0.2, 0) is 32.9 Å². The number of allylic oxidation sites excluding steroid dienone is 1. The van der Waals surface area contributed by atoms with E-state index in [0.29, 0.717) is 0 Å². The van der Waals surface area contributed by atoms with Crippen molar-refractivity contribution in [3.05, 3.63) is 42.6 Å². The fraction of sp³-hybridized carbons (Fsp3) is 0.522. The van der Waals surface area contributed by atoms with Gasteiger partial charge < -0.3 is 19.1 Å². The van der Waals surface area contributed by atoms with Crippen LogP contribution >= 0.6 is 7.75 Å². The van der Waals surface area contributed by atoms with Crippen molar-refractivity contribution < 1.29 is 47.0 Å². The number of amides is 1. The predicted molar refractivity (Wildman–Crippen MR) is 122 cm³/mol. The molecule has 1 saturated carbocycles. The minimum Gasteiger partial charge on any atom is -0.461 e. The van der Waals surface area contributed by atoms with Crippen LogP contribution in [0.3, 0.4) is 0 Å². The van der Waals surface area contributed by atoms with Crippen molar-refractivity contribution in [1.29, 1.82) is 0 Å². The lowest BCUT2D eigenvalue weighted by Crippen LogP contribution is -2.51. The third-order valence-electron chi connectivity index (χ3n) is 5.89. The molecule has 2 aliphatic heterocycles. The summed E-state index contributed by atoms with van der Waals surface area (Å²) in [7, 11) is -4.27. The second-order valence-corrected chi connectivity index (χ2v) is 10.8. The fourth-order valence-corrected chi connectivity index (χ4v) is 5.23. The molecule has 2 fully saturated rings. The Bertz CT molecular complexity index is 1080. The summed E-state index contributed by atoms with van der Waals surface area (Å²) in [5.74, 6) is -1.59. The number of carbonyl (C=O) groups excluding carboxylic acids is 3. The number of carbonyl (C=O) groups is 3. The Morgan fingerprint density at radius 1 is 1.33 bits per heavy atom. The predicted octanol–water partition coefficient (Wildman–Crippen LogP) is 2.00. The maximum Gasteiger partial charge on any atom is 0.459 e. The molecule has 1 aliphatic carbocycles. The Hall–Kier alpha value is -2.63. The molecule has 2 N–H and O–H groups in total. The van der Waals surface area contributed by atoms with Gasteiger partial charge >= 0.3 is 13.7 Å². The summed E-state index contributed by atoms with van der Waals surface area (Å²) >= 11 is 0. The van der Waals surface area contributed by atoms with Gasteiger partial charge in [0, 0.05) is 6.20 Å². The maximum atomic E-state index is 15.5. The van der Waals surface area contributed by atoms with Gasteiger partial charge in [-0.25, -0.2) is 8.96 Å². The Morgan fingerprint density at radius 3 is 2.67 bits per heavy atom. The van der Waals surface area contributed by atoms with Gasteiger partial charge in [0.05, 0.1) is 13.0 Å². The van der Waals surface area contributed by atoms with Crippen LogP contribution in [0.2, 0.25) is 0 Å². The van der Waals surface area contributed by atoms with Gasteiger partial charge in [0.1, 0.15) is 30.1 Å². The van der Waals surface area contributed by atoms with Crippen molar-refractivity contribution in [2.75, 3.05) is 6.61 Å². The summed E-state index contributed by atoms with van der Waals surface area (Å²) in [4.78, 5) is 36.9. The maximum absolute atomic E-state index is 15.5. The molecule has 1 saturated heterocycles. The van der Waals surface area contributed by atoms with E-state index in [9.17, 15) is 24.1 Å². The number of esters is 1. The lowest BCUT2D eigenvalue weighted by molar-refractivity contribution is -0.150. The van der Waals surface area contributed by atoms with Crippen molar-refractivity contribution in [3.63, 3.8) is 0 Å². The zero-order valence-electron chi connectivity index (χ0n) is 19.7. The van der Waals surface area contributed by atoms with Gasteiger partial charge in [-0.1, -0.05) is 18.2 Å². The van der Waals surface area contributed by atoms with E-state index in [-0.39, 0.29) is 11.9 Å². The van der Waals surface area contributed by atoms with E-state index in [4.69, 9.17) is 18.5 Å². The Balaban J connectivity index is 1.47. The highest BCUT2D eigenvalue weighted by molar-refractivity contribution is 7.52. The number of alkyl halides is 1. The van der Waals surface area contributed by atoms with Crippen LogP contribution in [-0.4, -0.2) is 70.5 Å². The van der Waals surface area contributed by atoms with E-state index in [2.05, 4.69) is 5.09 Å². The van der Waals surface area contributed by atoms with Gasteiger partial charge in [-0.3, -0.25) is 23.8 Å². The van der Waals surface area contributed by atoms with Crippen LogP contribution < -0.4 is 9.61 Å². The highest BCUT2D eigenvalue weighted by atomic mass is 31.2. The first-order valence-electron chi connectivity index (χ1n) is 11.5. The molecule has 11 nitrogen and oxygen atoms in total. The molecular formula is C23H28FN2O9P. The molecule has 0 unspecified atom stereocenters. The number of nitrogens with one attached hydrogen (secondary N) is 1. The van der Waals surface area contributed by atoms with Crippen molar-refractivity contribution in [2.24, 2.45) is 0 Å². The molecule has 0 spiro atoms. The number of halogens is 1. The van der Waals surface area contributed by atoms with Crippen molar-refractivity contribution in [3.8, 4) is 5.75 Å². The van der Waals surface area contributed by atoms with Gasteiger partial charge in [0.15, 0.2) is 17.7 Å². The molecule has 36 heavy (non-hydrogen) atoms. The molecule has 3 aliphatic rings. The summed E-state index contributed by atoms with van der Waals surface area (Å²) in [5.41, 5.74) is -2.44. The Kier molecular flexibility index (Phi) is 7.63. The Morgan fingerprint density at radius 2 is 2.03 bits per heavy atom. The second kappa shape index (κ2) is 10.4. The first-order chi connectivity index (χ1) is 17.0. The minimum atomic E-state index is -4.27. The second-order valence-electron chi connectivity index (χ2n) is 9.07. The van der Waals surface area contributed by atoms with E-state index in [1.807, 2.05) is 0 Å². The molecule has 1 amide bonds. The number of aliphatic hydroxyl groups excluding tert-OH is 1. The SMILES string of the molecule is C[C@H](N[P@](=O)(OC[C@H]1O[C@@H](N2C=CC(=O)CC2=O)[C@](C)(F)[C@@H]1O)Oc1ccccc1)C(=O)OC1CC1. The third-order valence-corrected chi connectivity index (χ3v) is 7.54. The van der Waals surface area contributed by atoms with Gasteiger partial charge in [-0.15, -0.1) is 0 Å². The molecule has 0 radical (unpaired) electrons. The molecule has 1 aromatic carbocycles. The van der Waals surface area contributed by atoms with Gasteiger partial charge in [-0.2, -0.15) is 5.09 Å². The molecule has 13 heteroatoms. The number of para-hydroxylation sites is 1. The smallest absolute Gasteiger partial charge is 0.459 e. The number of hydrogen-bond acceptors (Lipinski definition) is 9. The van der Waals surface area contributed by atoms with Crippen LogP contribution in [0.4, 0.5) is 4.39 Å². The fourth-order valence-electron chi connectivity index (χ4n) is 3.73. The summed E-state index contributed by atoms with van der Waals surface area (Å²) in [5, 5.41) is 13.1. The van der Waals surface area contributed by atoms with Crippen LogP contribution in [0.15, 0.2) is 42.6 Å². The lowest BCUT2D eigenvalue weighted by atomic mass is 9.97. The third kappa shape index (κ3) is 6.01. The molecule has 1 aromatic rings. The summed E-state index contributed by atoms with van der Waals surface area (Å²) in [6.45, 7) is 1.87. The summed E-state index contributed by atoms with van der Waals surface area (Å²) < 4.78 is 50.9. The van der Waals surface area contributed by atoms with Gasteiger partial charge in [0.2, 0.25) is 5.91 Å². The quantitative estimate of drug-likeness (QED) is 0.264. The summed E-state index contributed by atoms with van der Waals surface area (Å²) in [6, 6.07) is 6.98. The van der Waals surface area contributed by atoms with Gasteiger partial charge in [0.25, 0.3) is 0 Å². The molecule has 4 rings (SSSR count). The average Bonchev–Trinajstić information content (AvgIpc) is 3.60. The largest absolute Gasteiger partial charge is 0.461 e. The Labute approximate surface area is 207 Å². The molecule has 0 aromatic heterocycles. The van der Waals surface area contributed by atoms with Crippen molar-refractivity contribution in [1.82, 2.24) is 9.99 Å².